The van der Waals surface area contributed by atoms with Gasteiger partial charge >= 0.3 is 12.1 Å². The molecule has 0 radical (unpaired) electrons. The standard InChI is InChI=1S/C25H25FN6O.C2HF3O2/c1-30-13-14-31(15-18-7-3-2-4-8-18)17-22(30)24-29-28-23-12-11-19(16-32(23)24)25(33)27-21-10-6-5-9-20(21)26;3-2(4,5)1(6)7/h2-12,16,22H,13-15,17H2,1H3,(H,27,33);(H,6,7). The van der Waals surface area contributed by atoms with E-state index in [2.05, 4.69) is 56.6 Å². The molecular formula is C27H26F4N6O3. The maximum Gasteiger partial charge on any atom is 0.490 e. The summed E-state index contributed by atoms with van der Waals surface area (Å²) in [6.45, 7) is 3.55. The van der Waals surface area contributed by atoms with Gasteiger partial charge in [0.15, 0.2) is 11.5 Å². The Bertz CT molecular complexity index is 1480. The van der Waals surface area contributed by atoms with Gasteiger partial charge in [-0.2, -0.15) is 13.2 Å². The number of amides is 1. The summed E-state index contributed by atoms with van der Waals surface area (Å²) < 4.78 is 47.6. The average Bonchev–Trinajstić information content (AvgIpc) is 3.34. The number of carboxylic acid groups (broad SMARTS) is 1. The van der Waals surface area contributed by atoms with E-state index >= 15 is 0 Å². The lowest BCUT2D eigenvalue weighted by Gasteiger charge is -2.38. The average molecular weight is 559 g/mol. The van der Waals surface area contributed by atoms with Gasteiger partial charge < -0.3 is 10.4 Å². The molecular weight excluding hydrogens is 532 g/mol. The summed E-state index contributed by atoms with van der Waals surface area (Å²) in [6.07, 6.45) is -3.36. The number of benzene rings is 2. The van der Waals surface area contributed by atoms with Gasteiger partial charge in [-0.05, 0) is 36.9 Å². The number of aliphatic carboxylic acids is 1. The number of para-hydroxylation sites is 1. The third-order valence-electron chi connectivity index (χ3n) is 6.33. The summed E-state index contributed by atoms with van der Waals surface area (Å²) in [6, 6.07) is 20.0. The maximum atomic E-state index is 14.0. The summed E-state index contributed by atoms with van der Waals surface area (Å²) >= 11 is 0. The van der Waals surface area contributed by atoms with Gasteiger partial charge in [-0.3, -0.25) is 19.0 Å². The molecule has 0 bridgehead atoms. The van der Waals surface area contributed by atoms with Crippen molar-refractivity contribution in [2.75, 3.05) is 32.0 Å². The van der Waals surface area contributed by atoms with E-state index in [1.165, 1.54) is 17.7 Å². The number of carbonyl (C=O) groups is 2. The Morgan fingerprint density at radius 3 is 2.35 bits per heavy atom. The number of nitrogens with one attached hydrogen (secondary N) is 1. The molecule has 1 unspecified atom stereocenters. The lowest BCUT2D eigenvalue weighted by molar-refractivity contribution is -0.192. The first kappa shape index (κ1) is 28.6. The van der Waals surface area contributed by atoms with E-state index in [0.29, 0.717) is 11.2 Å². The predicted octanol–water partition coefficient (Wildman–Crippen LogP) is 4.24. The SMILES string of the molecule is CN1CCN(Cc2ccccc2)CC1c1nnc2ccc(C(=O)Nc3ccccc3F)cn12.O=C(O)C(F)(F)F. The number of likely N-dealkylation sites (N-methyl/N-ethyl adjacent to an activating group) is 1. The van der Waals surface area contributed by atoms with Crippen LogP contribution in [0.1, 0.15) is 27.8 Å². The van der Waals surface area contributed by atoms with Crippen molar-refractivity contribution >= 4 is 23.2 Å². The number of halogens is 4. The number of carbonyl (C=O) groups excluding carboxylic acids is 1. The van der Waals surface area contributed by atoms with Crippen molar-refractivity contribution in [1.29, 1.82) is 0 Å². The second-order valence-electron chi connectivity index (χ2n) is 9.16. The molecule has 1 aliphatic heterocycles. The minimum absolute atomic E-state index is 0.0299. The first-order valence-electron chi connectivity index (χ1n) is 12.2. The highest BCUT2D eigenvalue weighted by atomic mass is 19.4. The summed E-state index contributed by atoms with van der Waals surface area (Å²) in [5.74, 6) is -2.83. The van der Waals surface area contributed by atoms with Crippen LogP contribution in [0.5, 0.6) is 0 Å². The number of aromatic nitrogens is 3. The predicted molar refractivity (Wildman–Crippen MR) is 138 cm³/mol. The highest BCUT2D eigenvalue weighted by molar-refractivity contribution is 6.04. The van der Waals surface area contributed by atoms with E-state index in [1.54, 1.807) is 30.5 Å². The Labute approximate surface area is 226 Å². The van der Waals surface area contributed by atoms with Gasteiger partial charge in [0, 0.05) is 32.4 Å². The van der Waals surface area contributed by atoms with Crippen LogP contribution >= 0.6 is 0 Å². The zero-order valence-electron chi connectivity index (χ0n) is 21.3. The van der Waals surface area contributed by atoms with E-state index in [-0.39, 0.29) is 17.6 Å². The van der Waals surface area contributed by atoms with Crippen molar-refractivity contribution in [1.82, 2.24) is 24.4 Å². The molecule has 9 nitrogen and oxygen atoms in total. The van der Waals surface area contributed by atoms with Gasteiger partial charge in [0.25, 0.3) is 5.91 Å². The summed E-state index contributed by atoms with van der Waals surface area (Å²) in [5.41, 5.74) is 2.50. The second kappa shape index (κ2) is 12.2. The third-order valence-corrected chi connectivity index (χ3v) is 6.33. The molecule has 0 spiro atoms. The molecule has 1 aliphatic rings. The van der Waals surface area contributed by atoms with Gasteiger partial charge in [-0.25, -0.2) is 9.18 Å². The van der Waals surface area contributed by atoms with Crippen LogP contribution in [0.2, 0.25) is 0 Å². The number of alkyl halides is 3. The minimum Gasteiger partial charge on any atom is -0.475 e. The Morgan fingerprint density at radius 2 is 1.68 bits per heavy atom. The number of rotatable bonds is 5. The van der Waals surface area contributed by atoms with E-state index in [1.807, 2.05) is 10.5 Å². The molecule has 1 saturated heterocycles. The lowest BCUT2D eigenvalue weighted by Crippen LogP contribution is -2.46. The molecule has 1 amide bonds. The van der Waals surface area contributed by atoms with Gasteiger partial charge in [-0.15, -0.1) is 10.2 Å². The largest absolute Gasteiger partial charge is 0.490 e. The van der Waals surface area contributed by atoms with Gasteiger partial charge in [0.2, 0.25) is 0 Å². The number of hydrogen-bond donors (Lipinski definition) is 2. The number of pyridine rings is 1. The van der Waals surface area contributed by atoms with Crippen LogP contribution in [-0.2, 0) is 11.3 Å². The summed E-state index contributed by atoms with van der Waals surface area (Å²) in [4.78, 5) is 26.4. The van der Waals surface area contributed by atoms with Crippen LogP contribution in [-0.4, -0.2) is 74.2 Å². The molecule has 4 aromatic rings. The van der Waals surface area contributed by atoms with Gasteiger partial charge in [-0.1, -0.05) is 42.5 Å². The molecule has 0 aliphatic carbocycles. The fourth-order valence-corrected chi connectivity index (χ4v) is 4.22. The van der Waals surface area contributed by atoms with Crippen molar-refractivity contribution in [3.8, 4) is 0 Å². The zero-order chi connectivity index (χ0) is 28.9. The second-order valence-corrected chi connectivity index (χ2v) is 9.16. The Morgan fingerprint density at radius 1 is 1.00 bits per heavy atom. The summed E-state index contributed by atoms with van der Waals surface area (Å²) in [5, 5.41) is 18.5. The fourth-order valence-electron chi connectivity index (χ4n) is 4.22. The van der Waals surface area contributed by atoms with Gasteiger partial charge in [0.05, 0.1) is 17.3 Å². The Kier molecular flexibility index (Phi) is 8.75. The van der Waals surface area contributed by atoms with Crippen LogP contribution in [0.4, 0.5) is 23.2 Å². The van der Waals surface area contributed by atoms with Crippen LogP contribution in [0, 0.1) is 5.82 Å². The van der Waals surface area contributed by atoms with E-state index in [0.717, 1.165) is 32.0 Å². The Hall–Kier alpha value is -4.36. The molecule has 13 heteroatoms. The number of fused-ring (bicyclic) bond motifs is 1. The lowest BCUT2D eigenvalue weighted by atomic mass is 10.1. The van der Waals surface area contributed by atoms with Crippen LogP contribution in [0.3, 0.4) is 0 Å². The van der Waals surface area contributed by atoms with Crippen molar-refractivity contribution in [2.24, 2.45) is 0 Å². The highest BCUT2D eigenvalue weighted by Gasteiger charge is 2.38. The molecule has 210 valence electrons. The van der Waals surface area contributed by atoms with Gasteiger partial charge in [0.1, 0.15) is 5.82 Å². The molecule has 2 aromatic carbocycles. The van der Waals surface area contributed by atoms with E-state index < -0.39 is 18.0 Å². The zero-order valence-corrected chi connectivity index (χ0v) is 21.3. The first-order chi connectivity index (χ1) is 19.0. The number of carboxylic acids is 1. The smallest absolute Gasteiger partial charge is 0.475 e. The number of piperazine rings is 1. The highest BCUT2D eigenvalue weighted by Crippen LogP contribution is 2.25. The van der Waals surface area contributed by atoms with Crippen molar-refractivity contribution in [3.05, 3.63) is 95.7 Å². The normalized spacial score (nSPS) is 16.3. The molecule has 5 rings (SSSR count). The third kappa shape index (κ3) is 6.98. The number of nitrogens with zero attached hydrogens (tertiary/aromatic N) is 5. The molecule has 1 fully saturated rings. The number of hydrogen-bond acceptors (Lipinski definition) is 6. The monoisotopic (exact) mass is 558 g/mol. The quantitative estimate of drug-likeness (QED) is 0.353. The molecule has 0 saturated carbocycles. The molecule has 2 aromatic heterocycles. The van der Waals surface area contributed by atoms with Crippen LogP contribution in [0.15, 0.2) is 72.9 Å². The van der Waals surface area contributed by atoms with Crippen molar-refractivity contribution in [3.63, 3.8) is 0 Å². The van der Waals surface area contributed by atoms with E-state index in [4.69, 9.17) is 9.90 Å². The van der Waals surface area contributed by atoms with E-state index in [9.17, 15) is 22.4 Å². The fraction of sp³-hybridized carbons (Fsp3) is 0.259. The van der Waals surface area contributed by atoms with Crippen LogP contribution in [0.25, 0.3) is 5.65 Å². The summed E-state index contributed by atoms with van der Waals surface area (Å²) in [7, 11) is 2.08. The molecule has 2 N–H and O–H groups in total. The minimum atomic E-state index is -5.08. The first-order valence-corrected chi connectivity index (χ1v) is 12.2. The number of anilines is 1. The topological polar surface area (TPSA) is 103 Å². The van der Waals surface area contributed by atoms with Crippen molar-refractivity contribution < 1.29 is 32.3 Å². The molecule has 40 heavy (non-hydrogen) atoms. The molecule has 1 atom stereocenters. The molecule has 3 heterocycles. The van der Waals surface area contributed by atoms with Crippen molar-refractivity contribution in [2.45, 2.75) is 18.8 Å². The Balaban J connectivity index is 0.000000470. The maximum absolute atomic E-state index is 14.0. The van der Waals surface area contributed by atoms with Crippen LogP contribution < -0.4 is 5.32 Å².